The highest BCUT2D eigenvalue weighted by Crippen LogP contribution is 2.24. The molecule has 0 heterocycles. The number of nitrogens with zero attached hydrogens (tertiary/aromatic N) is 2. The van der Waals surface area contributed by atoms with Crippen LogP contribution in [0.5, 0.6) is 0 Å². The molecule has 0 fully saturated rings. The van der Waals surface area contributed by atoms with Gasteiger partial charge in [-0.15, -0.1) is 0 Å². The van der Waals surface area contributed by atoms with E-state index in [4.69, 9.17) is 11.0 Å². The summed E-state index contributed by atoms with van der Waals surface area (Å²) in [6.07, 6.45) is 0. The second-order valence-electron chi connectivity index (χ2n) is 4.65. The molecule has 0 aliphatic carbocycles. The van der Waals surface area contributed by atoms with Gasteiger partial charge in [0.2, 0.25) is 5.91 Å². The summed E-state index contributed by atoms with van der Waals surface area (Å²) in [5.41, 5.74) is 6.97. The minimum absolute atomic E-state index is 0.0917. The maximum Gasteiger partial charge on any atom is 0.238 e. The highest BCUT2D eigenvalue weighted by molar-refractivity contribution is 9.10. The number of hydrogen-bond acceptors (Lipinski definition) is 4. The van der Waals surface area contributed by atoms with E-state index in [0.29, 0.717) is 17.9 Å². The highest BCUT2D eigenvalue weighted by atomic mass is 79.9. The summed E-state index contributed by atoms with van der Waals surface area (Å²) in [6, 6.07) is 7.40. The molecule has 1 aromatic rings. The van der Waals surface area contributed by atoms with Crippen LogP contribution in [0.4, 0.5) is 11.4 Å². The van der Waals surface area contributed by atoms with Crippen LogP contribution >= 0.6 is 15.9 Å². The maximum atomic E-state index is 12.0. The Morgan fingerprint density at radius 2 is 2.30 bits per heavy atom. The van der Waals surface area contributed by atoms with Crippen molar-refractivity contribution in [2.45, 2.75) is 13.8 Å². The number of amides is 1. The molecule has 0 saturated carbocycles. The lowest BCUT2D eigenvalue weighted by molar-refractivity contribution is -0.117. The van der Waals surface area contributed by atoms with E-state index in [0.717, 1.165) is 11.0 Å². The van der Waals surface area contributed by atoms with Gasteiger partial charge in [-0.25, -0.2) is 0 Å². The van der Waals surface area contributed by atoms with E-state index in [1.165, 1.54) is 0 Å². The Kier molecular flexibility index (Phi) is 6.49. The van der Waals surface area contributed by atoms with Gasteiger partial charge in [0, 0.05) is 16.7 Å². The quantitative estimate of drug-likeness (QED) is 0.780. The molecule has 20 heavy (non-hydrogen) atoms. The summed E-state index contributed by atoms with van der Waals surface area (Å²) in [5, 5.41) is 11.6. The van der Waals surface area contributed by atoms with Crippen LogP contribution < -0.4 is 11.1 Å². The summed E-state index contributed by atoms with van der Waals surface area (Å²) >= 11 is 3.36. The van der Waals surface area contributed by atoms with Crippen molar-refractivity contribution in [1.29, 1.82) is 5.26 Å². The van der Waals surface area contributed by atoms with Gasteiger partial charge in [0.25, 0.3) is 0 Å². The standard InChI is InChI=1S/C14H19BrN4O/c1-3-19(8-10(2)7-16)9-14(20)18-13-5-4-11(17)6-12(13)15/h4-6,10H,3,8-9,17H2,1-2H3,(H,18,20). The number of nitrogens with one attached hydrogen (secondary N) is 1. The summed E-state index contributed by atoms with van der Waals surface area (Å²) in [5.74, 6) is -0.200. The number of nitrogen functional groups attached to an aromatic ring is 1. The number of carbonyl (C=O) groups is 1. The Bertz CT molecular complexity index is 512. The summed E-state index contributed by atoms with van der Waals surface area (Å²) in [7, 11) is 0. The van der Waals surface area contributed by atoms with Crippen LogP contribution in [0.1, 0.15) is 13.8 Å². The van der Waals surface area contributed by atoms with Crippen molar-refractivity contribution < 1.29 is 4.79 Å². The third-order valence-electron chi connectivity index (χ3n) is 2.83. The number of halogens is 1. The van der Waals surface area contributed by atoms with Crippen molar-refractivity contribution >= 4 is 33.2 Å². The zero-order valence-electron chi connectivity index (χ0n) is 11.7. The van der Waals surface area contributed by atoms with E-state index in [1.54, 1.807) is 18.2 Å². The molecule has 0 radical (unpaired) electrons. The summed E-state index contributed by atoms with van der Waals surface area (Å²) in [4.78, 5) is 13.9. The maximum absolute atomic E-state index is 12.0. The first-order chi connectivity index (χ1) is 9.46. The van der Waals surface area contributed by atoms with E-state index in [9.17, 15) is 4.79 Å². The van der Waals surface area contributed by atoms with Gasteiger partial charge in [-0.1, -0.05) is 6.92 Å². The number of likely N-dealkylation sites (N-methyl/N-ethyl adjacent to an activating group) is 1. The third-order valence-corrected chi connectivity index (χ3v) is 3.49. The van der Waals surface area contributed by atoms with Crippen molar-refractivity contribution in [3.05, 3.63) is 22.7 Å². The molecule has 0 saturated heterocycles. The van der Waals surface area contributed by atoms with Crippen LogP contribution in [0.15, 0.2) is 22.7 Å². The Hall–Kier alpha value is -1.58. The number of nitriles is 1. The van der Waals surface area contributed by atoms with Crippen molar-refractivity contribution in [1.82, 2.24) is 4.90 Å². The van der Waals surface area contributed by atoms with Gasteiger partial charge >= 0.3 is 0 Å². The van der Waals surface area contributed by atoms with Crippen molar-refractivity contribution in [3.8, 4) is 6.07 Å². The average Bonchev–Trinajstić information content (AvgIpc) is 2.41. The van der Waals surface area contributed by atoms with E-state index in [2.05, 4.69) is 27.3 Å². The molecule has 0 spiro atoms. The van der Waals surface area contributed by atoms with Gasteiger partial charge in [0.1, 0.15) is 0 Å². The zero-order chi connectivity index (χ0) is 15.1. The molecule has 5 nitrogen and oxygen atoms in total. The topological polar surface area (TPSA) is 82.2 Å². The molecule has 0 aromatic heterocycles. The fraction of sp³-hybridized carbons (Fsp3) is 0.429. The monoisotopic (exact) mass is 338 g/mol. The lowest BCUT2D eigenvalue weighted by Gasteiger charge is -2.21. The molecular formula is C14H19BrN4O. The molecule has 6 heteroatoms. The SMILES string of the molecule is CCN(CC(=O)Nc1ccc(N)cc1Br)CC(C)C#N. The molecule has 3 N–H and O–H groups in total. The normalized spacial score (nSPS) is 11.9. The van der Waals surface area contributed by atoms with Crippen LogP contribution in [0.3, 0.4) is 0 Å². The first-order valence-electron chi connectivity index (χ1n) is 6.43. The van der Waals surface area contributed by atoms with Gasteiger partial charge < -0.3 is 11.1 Å². The van der Waals surface area contributed by atoms with E-state index in [-0.39, 0.29) is 18.4 Å². The highest BCUT2D eigenvalue weighted by Gasteiger charge is 2.13. The van der Waals surface area contributed by atoms with Crippen LogP contribution in [0.25, 0.3) is 0 Å². The number of benzene rings is 1. The largest absolute Gasteiger partial charge is 0.399 e. The first kappa shape index (κ1) is 16.5. The Morgan fingerprint density at radius 3 is 2.85 bits per heavy atom. The van der Waals surface area contributed by atoms with E-state index in [1.807, 2.05) is 18.7 Å². The van der Waals surface area contributed by atoms with E-state index >= 15 is 0 Å². The van der Waals surface area contributed by atoms with Gasteiger partial charge in [0.05, 0.1) is 24.2 Å². The van der Waals surface area contributed by atoms with Crippen LogP contribution in [-0.2, 0) is 4.79 Å². The molecule has 1 unspecified atom stereocenters. The fourth-order valence-electron chi connectivity index (χ4n) is 1.76. The number of carbonyl (C=O) groups excluding carboxylic acids is 1. The minimum atomic E-state index is -0.109. The predicted octanol–water partition coefficient (Wildman–Crippen LogP) is 2.45. The zero-order valence-corrected chi connectivity index (χ0v) is 13.3. The molecule has 0 aliphatic heterocycles. The number of rotatable bonds is 6. The van der Waals surface area contributed by atoms with Crippen LogP contribution in [0, 0.1) is 17.2 Å². The Labute approximate surface area is 127 Å². The lowest BCUT2D eigenvalue weighted by Crippen LogP contribution is -2.35. The summed E-state index contributed by atoms with van der Waals surface area (Å²) in [6.45, 7) is 5.39. The Balaban J connectivity index is 2.60. The molecule has 0 bridgehead atoms. The molecule has 1 amide bonds. The molecular weight excluding hydrogens is 320 g/mol. The number of anilines is 2. The van der Waals surface area contributed by atoms with Gasteiger partial charge in [-0.05, 0) is 47.6 Å². The summed E-state index contributed by atoms with van der Waals surface area (Å²) < 4.78 is 0.749. The van der Waals surface area contributed by atoms with E-state index < -0.39 is 0 Å². The van der Waals surface area contributed by atoms with Gasteiger partial charge in [-0.2, -0.15) is 5.26 Å². The third kappa shape index (κ3) is 5.19. The van der Waals surface area contributed by atoms with Crippen LogP contribution in [-0.4, -0.2) is 30.4 Å². The molecule has 0 aliphatic rings. The van der Waals surface area contributed by atoms with Crippen molar-refractivity contribution in [2.24, 2.45) is 5.92 Å². The Morgan fingerprint density at radius 1 is 1.60 bits per heavy atom. The fourth-order valence-corrected chi connectivity index (χ4v) is 2.25. The smallest absolute Gasteiger partial charge is 0.238 e. The predicted molar refractivity (Wildman–Crippen MR) is 84.1 cm³/mol. The molecule has 1 rings (SSSR count). The van der Waals surface area contributed by atoms with Crippen molar-refractivity contribution in [2.75, 3.05) is 30.7 Å². The molecule has 108 valence electrons. The van der Waals surface area contributed by atoms with Crippen molar-refractivity contribution in [3.63, 3.8) is 0 Å². The van der Waals surface area contributed by atoms with Gasteiger partial charge in [-0.3, -0.25) is 9.69 Å². The van der Waals surface area contributed by atoms with Crippen LogP contribution in [0.2, 0.25) is 0 Å². The second kappa shape index (κ2) is 7.88. The minimum Gasteiger partial charge on any atom is -0.399 e. The first-order valence-corrected chi connectivity index (χ1v) is 7.22. The second-order valence-corrected chi connectivity index (χ2v) is 5.50. The lowest BCUT2D eigenvalue weighted by atomic mass is 10.2. The molecule has 1 atom stereocenters. The number of nitrogens with two attached hydrogens (primary N) is 1. The molecule has 1 aromatic carbocycles. The van der Waals surface area contributed by atoms with Gasteiger partial charge in [0.15, 0.2) is 0 Å². The average molecular weight is 339 g/mol. The number of hydrogen-bond donors (Lipinski definition) is 2.